The summed E-state index contributed by atoms with van der Waals surface area (Å²) in [4.78, 5) is 0. The van der Waals surface area contributed by atoms with Gasteiger partial charge in [0.2, 0.25) is 0 Å². The minimum atomic E-state index is -0.280. The van der Waals surface area contributed by atoms with Gasteiger partial charge in [0.15, 0.2) is 5.57 Å². The average molecular weight is 235 g/mol. The van der Waals surface area contributed by atoms with Gasteiger partial charge >= 0.3 is 0 Å². The molecule has 0 fully saturated rings. The molecule has 2 aromatic rings. The quantitative estimate of drug-likeness (QED) is 0.753. The van der Waals surface area contributed by atoms with Crippen molar-refractivity contribution >= 4 is 16.7 Å². The first-order valence-electron chi connectivity index (χ1n) is 4.81. The Morgan fingerprint density at radius 2 is 1.89 bits per heavy atom. The molecule has 0 bridgehead atoms. The minimum Gasteiger partial charge on any atom is -0.343 e. The second kappa shape index (κ2) is 4.65. The van der Waals surface area contributed by atoms with Gasteiger partial charge in [-0.1, -0.05) is 6.07 Å². The highest BCUT2D eigenvalue weighted by Gasteiger charge is 2.09. The fraction of sp³-hybridized carbons (Fsp3) is 0. The molecule has 0 saturated carbocycles. The van der Waals surface area contributed by atoms with E-state index >= 15 is 0 Å². The van der Waals surface area contributed by atoms with Crippen LogP contribution in [0.3, 0.4) is 0 Å². The highest BCUT2D eigenvalue weighted by Crippen LogP contribution is 2.20. The monoisotopic (exact) mass is 235 g/mol. The van der Waals surface area contributed by atoms with E-state index in [9.17, 15) is 0 Å². The van der Waals surface area contributed by atoms with Gasteiger partial charge in [0.1, 0.15) is 34.9 Å². The van der Waals surface area contributed by atoms with Gasteiger partial charge in [-0.15, -0.1) is 0 Å². The molecule has 2 rings (SSSR count). The second-order valence-electron chi connectivity index (χ2n) is 3.21. The standard InChI is InChI=1S/C11H5N7/c12-4-7(5-13)10(6-14)15-8-2-1-3-9-11(8)17-18-16-9/h1-3,15H,(H,16,17,18). The summed E-state index contributed by atoms with van der Waals surface area (Å²) in [6, 6.07) is 10.2. The van der Waals surface area contributed by atoms with Gasteiger partial charge in [-0.2, -0.15) is 31.2 Å². The number of fused-ring (bicyclic) bond motifs is 1. The van der Waals surface area contributed by atoms with Crippen LogP contribution in [0.15, 0.2) is 29.5 Å². The average Bonchev–Trinajstić information content (AvgIpc) is 2.88. The Labute approximate surface area is 102 Å². The molecule has 0 aliphatic carbocycles. The number of rotatable bonds is 2. The number of hydrogen-bond donors (Lipinski definition) is 2. The van der Waals surface area contributed by atoms with E-state index in [1.165, 1.54) is 0 Å². The van der Waals surface area contributed by atoms with Crippen LogP contribution < -0.4 is 5.32 Å². The van der Waals surface area contributed by atoms with E-state index in [0.717, 1.165) is 0 Å². The molecular weight excluding hydrogens is 230 g/mol. The summed E-state index contributed by atoms with van der Waals surface area (Å²) in [5, 5.41) is 39.4. The van der Waals surface area contributed by atoms with Gasteiger partial charge in [0.25, 0.3) is 0 Å². The van der Waals surface area contributed by atoms with E-state index in [-0.39, 0.29) is 11.3 Å². The molecule has 2 N–H and O–H groups in total. The van der Waals surface area contributed by atoms with Crippen molar-refractivity contribution in [2.45, 2.75) is 0 Å². The van der Waals surface area contributed by atoms with Gasteiger partial charge in [0.05, 0.1) is 5.69 Å². The number of H-pyrrole nitrogens is 1. The van der Waals surface area contributed by atoms with Crippen LogP contribution in [0.2, 0.25) is 0 Å². The zero-order valence-corrected chi connectivity index (χ0v) is 8.97. The van der Waals surface area contributed by atoms with Crippen LogP contribution in [0.25, 0.3) is 11.0 Å². The molecule has 7 nitrogen and oxygen atoms in total. The lowest BCUT2D eigenvalue weighted by Gasteiger charge is -2.04. The number of nitrogens with one attached hydrogen (secondary N) is 2. The summed E-state index contributed by atoms with van der Waals surface area (Å²) in [7, 11) is 0. The molecular formula is C11H5N7. The summed E-state index contributed by atoms with van der Waals surface area (Å²) in [5.41, 5.74) is 1.25. The summed E-state index contributed by atoms with van der Waals surface area (Å²) >= 11 is 0. The summed E-state index contributed by atoms with van der Waals surface area (Å²) < 4.78 is 0. The zero-order chi connectivity index (χ0) is 13.0. The summed E-state index contributed by atoms with van der Waals surface area (Å²) in [6.45, 7) is 0. The summed E-state index contributed by atoms with van der Waals surface area (Å²) in [6.07, 6.45) is 0. The van der Waals surface area contributed by atoms with Crippen molar-refractivity contribution in [3.8, 4) is 18.2 Å². The second-order valence-corrected chi connectivity index (χ2v) is 3.21. The van der Waals surface area contributed by atoms with E-state index in [4.69, 9.17) is 15.8 Å². The molecule has 18 heavy (non-hydrogen) atoms. The van der Waals surface area contributed by atoms with Crippen LogP contribution in [0.1, 0.15) is 0 Å². The third-order valence-corrected chi connectivity index (χ3v) is 2.19. The van der Waals surface area contributed by atoms with Crippen molar-refractivity contribution in [3.63, 3.8) is 0 Å². The van der Waals surface area contributed by atoms with Crippen LogP contribution in [0, 0.1) is 34.0 Å². The molecule has 0 aliphatic rings. The number of aromatic amines is 1. The molecule has 1 aromatic heterocycles. The third kappa shape index (κ3) is 1.82. The largest absolute Gasteiger partial charge is 0.343 e. The highest BCUT2D eigenvalue weighted by molar-refractivity contribution is 5.88. The number of nitrogens with zero attached hydrogens (tertiary/aromatic N) is 5. The lowest BCUT2D eigenvalue weighted by molar-refractivity contribution is 0.959. The first-order chi connectivity index (χ1) is 8.80. The molecule has 0 radical (unpaired) electrons. The summed E-state index contributed by atoms with van der Waals surface area (Å²) in [5.74, 6) is 0. The molecule has 0 aliphatic heterocycles. The number of nitriles is 3. The normalized spacial score (nSPS) is 8.94. The molecule has 1 heterocycles. The lowest BCUT2D eigenvalue weighted by Crippen LogP contribution is -2.01. The maximum Gasteiger partial charge on any atom is 0.163 e. The zero-order valence-electron chi connectivity index (χ0n) is 8.97. The predicted molar refractivity (Wildman–Crippen MR) is 61.4 cm³/mol. The van der Waals surface area contributed by atoms with Crippen LogP contribution in [0.4, 0.5) is 5.69 Å². The molecule has 0 atom stereocenters. The van der Waals surface area contributed by atoms with Crippen LogP contribution in [0.5, 0.6) is 0 Å². The number of para-hydroxylation sites is 1. The third-order valence-electron chi connectivity index (χ3n) is 2.19. The molecule has 1 aromatic carbocycles. The lowest BCUT2D eigenvalue weighted by atomic mass is 10.2. The maximum absolute atomic E-state index is 8.93. The smallest absolute Gasteiger partial charge is 0.163 e. The van der Waals surface area contributed by atoms with Crippen molar-refractivity contribution in [2.24, 2.45) is 0 Å². The molecule has 0 spiro atoms. The van der Waals surface area contributed by atoms with E-state index in [0.29, 0.717) is 16.7 Å². The maximum atomic E-state index is 8.93. The van der Waals surface area contributed by atoms with Crippen molar-refractivity contribution in [1.29, 1.82) is 15.8 Å². The number of aromatic nitrogens is 3. The van der Waals surface area contributed by atoms with E-state index in [1.807, 2.05) is 0 Å². The molecule has 0 amide bonds. The van der Waals surface area contributed by atoms with Crippen molar-refractivity contribution in [2.75, 3.05) is 5.32 Å². The van der Waals surface area contributed by atoms with Crippen LogP contribution in [-0.2, 0) is 0 Å². The van der Waals surface area contributed by atoms with Gasteiger partial charge in [-0.05, 0) is 12.1 Å². The van der Waals surface area contributed by atoms with Crippen LogP contribution in [-0.4, -0.2) is 15.4 Å². The first-order valence-corrected chi connectivity index (χ1v) is 4.81. The van der Waals surface area contributed by atoms with Gasteiger partial charge in [0, 0.05) is 0 Å². The Morgan fingerprint density at radius 1 is 1.11 bits per heavy atom. The van der Waals surface area contributed by atoms with Crippen molar-refractivity contribution < 1.29 is 0 Å². The molecule has 0 saturated heterocycles. The first kappa shape index (κ1) is 11.1. The van der Waals surface area contributed by atoms with Crippen LogP contribution >= 0.6 is 0 Å². The van der Waals surface area contributed by atoms with Gasteiger partial charge in [-0.3, -0.25) is 0 Å². The Bertz CT molecular complexity index is 732. The highest BCUT2D eigenvalue weighted by atomic mass is 15.3. The Balaban J connectivity index is 2.50. The van der Waals surface area contributed by atoms with Crippen molar-refractivity contribution in [1.82, 2.24) is 15.4 Å². The molecule has 7 heteroatoms. The van der Waals surface area contributed by atoms with E-state index in [2.05, 4.69) is 20.7 Å². The number of allylic oxidation sites excluding steroid dienone is 2. The van der Waals surface area contributed by atoms with Gasteiger partial charge < -0.3 is 5.32 Å². The molecule has 0 unspecified atom stereocenters. The van der Waals surface area contributed by atoms with Crippen molar-refractivity contribution in [3.05, 3.63) is 29.5 Å². The Kier molecular flexibility index (Phi) is 2.87. The number of hydrogen-bond acceptors (Lipinski definition) is 6. The SMILES string of the molecule is N#CC(C#N)=C(C#N)Nc1cccc2n[nH]nc12. The number of benzene rings is 1. The predicted octanol–water partition coefficient (Wildman–Crippen LogP) is 1.19. The fourth-order valence-electron chi connectivity index (χ4n) is 1.39. The topological polar surface area (TPSA) is 125 Å². The molecule has 84 valence electrons. The Hall–Kier alpha value is -3.37. The van der Waals surface area contributed by atoms with Gasteiger partial charge in [-0.25, -0.2) is 0 Å². The minimum absolute atomic E-state index is 0.115. The van der Waals surface area contributed by atoms with E-state index < -0.39 is 0 Å². The van der Waals surface area contributed by atoms with E-state index in [1.54, 1.807) is 36.4 Å². The number of anilines is 1. The fourth-order valence-corrected chi connectivity index (χ4v) is 1.39. The Morgan fingerprint density at radius 3 is 2.56 bits per heavy atom.